The minimum absolute atomic E-state index is 0. The van der Waals surface area contributed by atoms with E-state index >= 15 is 0 Å². The van der Waals surface area contributed by atoms with Crippen molar-refractivity contribution in [2.75, 3.05) is 0 Å². The summed E-state index contributed by atoms with van der Waals surface area (Å²) in [5, 5.41) is 8.73. The molecule has 0 aliphatic carbocycles. The van der Waals surface area contributed by atoms with E-state index in [1.807, 2.05) is 6.92 Å². The van der Waals surface area contributed by atoms with Gasteiger partial charge >= 0.3 is 5.97 Å². The van der Waals surface area contributed by atoms with Crippen LogP contribution >= 0.6 is 0 Å². The van der Waals surface area contributed by atoms with Gasteiger partial charge in [0.05, 0.1) is 5.92 Å². The number of hydrogen-bond donors (Lipinski definition) is 1. The molecule has 0 aromatic carbocycles. The van der Waals surface area contributed by atoms with Crippen molar-refractivity contribution in [1.82, 2.24) is 0 Å². The van der Waals surface area contributed by atoms with Crippen molar-refractivity contribution < 1.29 is 36.1 Å². The fourth-order valence-electron chi connectivity index (χ4n) is 1.19. The number of rotatable bonds is 6. The summed E-state index contributed by atoms with van der Waals surface area (Å²) in [6, 6.07) is 0. The normalized spacial score (nSPS) is 11.8. The fourth-order valence-corrected chi connectivity index (χ4v) is 1.19. The molecule has 70 valence electrons. The van der Waals surface area contributed by atoms with Gasteiger partial charge in [0.25, 0.3) is 0 Å². The van der Waals surface area contributed by atoms with Crippen molar-refractivity contribution in [2.45, 2.75) is 46.0 Å². The second-order valence-corrected chi connectivity index (χ2v) is 2.97. The van der Waals surface area contributed by atoms with Gasteiger partial charge in [-0.25, -0.2) is 0 Å². The molecule has 0 bridgehead atoms. The van der Waals surface area contributed by atoms with Crippen LogP contribution in [0.1, 0.15) is 46.0 Å². The van der Waals surface area contributed by atoms with Gasteiger partial charge in [0.1, 0.15) is 0 Å². The maximum Gasteiger partial charge on any atom is 0.306 e. The average Bonchev–Trinajstić information content (AvgIpc) is 1.97. The monoisotopic (exact) mass is 248 g/mol. The number of unbranched alkanes of at least 4 members (excludes halogenated alkanes) is 1. The topological polar surface area (TPSA) is 37.3 Å². The van der Waals surface area contributed by atoms with E-state index in [0.29, 0.717) is 0 Å². The van der Waals surface area contributed by atoms with Crippen molar-refractivity contribution in [3.8, 4) is 0 Å². The molecule has 2 nitrogen and oxygen atoms in total. The number of aliphatic carboxylic acids is 1. The second-order valence-electron chi connectivity index (χ2n) is 2.97. The molecule has 0 rings (SSSR count). The number of carbonyl (C=O) groups is 1. The first-order chi connectivity index (χ1) is 5.22. The summed E-state index contributed by atoms with van der Waals surface area (Å²) < 4.78 is 0. The first-order valence-corrected chi connectivity index (χ1v) is 4.45. The van der Waals surface area contributed by atoms with Gasteiger partial charge in [-0.15, -0.1) is 0 Å². The van der Waals surface area contributed by atoms with Crippen LogP contribution in [0.5, 0.6) is 0 Å². The van der Waals surface area contributed by atoms with Crippen molar-refractivity contribution in [1.29, 1.82) is 0 Å². The van der Waals surface area contributed by atoms with Crippen LogP contribution in [0.25, 0.3) is 0 Å². The Bertz CT molecular complexity index is 115. The molecule has 12 heavy (non-hydrogen) atoms. The molecule has 0 heterocycles. The molecule has 0 aliphatic rings. The van der Waals surface area contributed by atoms with E-state index in [2.05, 4.69) is 6.92 Å². The van der Waals surface area contributed by atoms with Gasteiger partial charge in [0, 0.05) is 26.2 Å². The summed E-state index contributed by atoms with van der Waals surface area (Å²) in [5.74, 6) is -0.722. The minimum Gasteiger partial charge on any atom is -0.481 e. The molecule has 0 fully saturated rings. The van der Waals surface area contributed by atoms with Crippen LogP contribution in [0.4, 0.5) is 0 Å². The Kier molecular flexibility index (Phi) is 11.7. The van der Waals surface area contributed by atoms with Crippen molar-refractivity contribution >= 4 is 5.97 Å². The summed E-state index contributed by atoms with van der Waals surface area (Å²) in [7, 11) is 0. The molecule has 0 saturated heterocycles. The van der Waals surface area contributed by atoms with E-state index in [9.17, 15) is 4.79 Å². The first kappa shape index (κ1) is 14.9. The summed E-state index contributed by atoms with van der Waals surface area (Å²) >= 11 is 0. The van der Waals surface area contributed by atoms with Gasteiger partial charge in [0.2, 0.25) is 0 Å². The summed E-state index contributed by atoms with van der Waals surface area (Å²) in [6.45, 7) is 4.12. The van der Waals surface area contributed by atoms with Crippen LogP contribution in [0.15, 0.2) is 0 Å². The Hall–Kier alpha value is 0.353. The molecule has 0 aromatic rings. The molecular weight excluding hydrogens is 231 g/mol. The van der Waals surface area contributed by atoms with E-state index in [1.54, 1.807) is 0 Å². The maximum atomic E-state index is 10.6. The first-order valence-electron chi connectivity index (χ1n) is 4.45. The largest absolute Gasteiger partial charge is 0.481 e. The molecular formula is C9H18O2Zr. The molecule has 1 unspecified atom stereocenters. The van der Waals surface area contributed by atoms with Crippen LogP contribution in [-0.4, -0.2) is 11.1 Å². The van der Waals surface area contributed by atoms with Gasteiger partial charge in [-0.05, 0) is 12.8 Å². The van der Waals surface area contributed by atoms with Gasteiger partial charge in [-0.3, -0.25) is 4.79 Å². The number of hydrogen-bond acceptors (Lipinski definition) is 1. The number of carboxylic acid groups (broad SMARTS) is 1. The smallest absolute Gasteiger partial charge is 0.306 e. The zero-order chi connectivity index (χ0) is 8.69. The Morgan fingerprint density at radius 1 is 1.25 bits per heavy atom. The van der Waals surface area contributed by atoms with Crippen molar-refractivity contribution in [2.24, 2.45) is 5.92 Å². The van der Waals surface area contributed by atoms with Gasteiger partial charge in [-0.2, -0.15) is 0 Å². The van der Waals surface area contributed by atoms with E-state index in [0.717, 1.165) is 32.1 Å². The molecule has 1 N–H and O–H groups in total. The van der Waals surface area contributed by atoms with Crippen LogP contribution in [-0.2, 0) is 31.0 Å². The molecule has 0 aliphatic heterocycles. The minimum atomic E-state index is -0.625. The van der Waals surface area contributed by atoms with Crippen LogP contribution in [0, 0.1) is 5.92 Å². The predicted octanol–water partition coefficient (Wildman–Crippen LogP) is 2.68. The third kappa shape index (κ3) is 7.03. The number of carboxylic acids is 1. The molecule has 3 heteroatoms. The third-order valence-electron chi connectivity index (χ3n) is 1.89. The summed E-state index contributed by atoms with van der Waals surface area (Å²) in [6.07, 6.45) is 4.78. The SMILES string of the molecule is CCCCC(CCC)C(=O)O.[Zr]. The van der Waals surface area contributed by atoms with Gasteiger partial charge in [0.15, 0.2) is 0 Å². The van der Waals surface area contributed by atoms with E-state index in [1.165, 1.54) is 0 Å². The molecule has 0 spiro atoms. The second kappa shape index (κ2) is 9.44. The summed E-state index contributed by atoms with van der Waals surface area (Å²) in [5.41, 5.74) is 0. The van der Waals surface area contributed by atoms with Crippen molar-refractivity contribution in [3.63, 3.8) is 0 Å². The third-order valence-corrected chi connectivity index (χ3v) is 1.89. The van der Waals surface area contributed by atoms with E-state index in [-0.39, 0.29) is 32.1 Å². The Morgan fingerprint density at radius 3 is 2.17 bits per heavy atom. The maximum absolute atomic E-state index is 10.6. The zero-order valence-corrected chi connectivity index (χ0v) is 10.4. The Balaban J connectivity index is 0. The molecule has 0 saturated carbocycles. The molecule has 1 atom stereocenters. The van der Waals surface area contributed by atoms with Crippen LogP contribution in [0.2, 0.25) is 0 Å². The van der Waals surface area contributed by atoms with Gasteiger partial charge in [-0.1, -0.05) is 33.1 Å². The molecule has 0 radical (unpaired) electrons. The molecule has 0 aromatic heterocycles. The molecule has 0 amide bonds. The quantitative estimate of drug-likeness (QED) is 0.786. The van der Waals surface area contributed by atoms with E-state index < -0.39 is 5.97 Å². The van der Waals surface area contributed by atoms with Crippen molar-refractivity contribution in [3.05, 3.63) is 0 Å². The standard InChI is InChI=1S/C9H18O2.Zr/c1-3-5-7-8(6-4-2)9(10)11;/h8H,3-7H2,1-2H3,(H,10,11);. The van der Waals surface area contributed by atoms with Gasteiger partial charge < -0.3 is 5.11 Å². The predicted molar refractivity (Wildman–Crippen MR) is 45.6 cm³/mol. The van der Waals surface area contributed by atoms with E-state index in [4.69, 9.17) is 5.11 Å². The fraction of sp³-hybridized carbons (Fsp3) is 0.889. The van der Waals surface area contributed by atoms with Crippen LogP contribution in [0.3, 0.4) is 0 Å². The van der Waals surface area contributed by atoms with Crippen LogP contribution < -0.4 is 0 Å². The Labute approximate surface area is 93.9 Å². The zero-order valence-electron chi connectivity index (χ0n) is 7.97. The summed E-state index contributed by atoms with van der Waals surface area (Å²) in [4.78, 5) is 10.6. The average molecular weight is 249 g/mol. The Morgan fingerprint density at radius 2 is 1.83 bits per heavy atom.